The predicted molar refractivity (Wildman–Crippen MR) is 77.8 cm³/mol. The lowest BCUT2D eigenvalue weighted by Crippen LogP contribution is -2.28. The Balaban J connectivity index is 2.22. The van der Waals surface area contributed by atoms with Crippen LogP contribution in [-0.4, -0.2) is 24.9 Å². The van der Waals surface area contributed by atoms with E-state index >= 15 is 0 Å². The van der Waals surface area contributed by atoms with E-state index in [1.165, 1.54) is 13.8 Å². The smallest absolute Gasteiger partial charge is 0.241 e. The van der Waals surface area contributed by atoms with Crippen molar-refractivity contribution in [2.24, 2.45) is 0 Å². The first-order valence-electron chi connectivity index (χ1n) is 6.36. The number of aromatic amines is 1. The van der Waals surface area contributed by atoms with Crippen LogP contribution >= 0.6 is 0 Å². The van der Waals surface area contributed by atoms with E-state index in [0.717, 1.165) is 6.07 Å². The highest BCUT2D eigenvalue weighted by molar-refractivity contribution is 7.89. The van der Waals surface area contributed by atoms with E-state index in [0.29, 0.717) is 17.8 Å². The number of nitrogens with one attached hydrogen (secondary N) is 2. The zero-order chi connectivity index (χ0) is 15.6. The van der Waals surface area contributed by atoms with Crippen molar-refractivity contribution in [3.63, 3.8) is 0 Å². The lowest BCUT2D eigenvalue weighted by atomic mass is 10.1. The van der Waals surface area contributed by atoms with Crippen LogP contribution in [0.5, 0.6) is 0 Å². The van der Waals surface area contributed by atoms with E-state index in [1.807, 2.05) is 0 Å². The van der Waals surface area contributed by atoms with Crippen LogP contribution in [0.2, 0.25) is 0 Å². The summed E-state index contributed by atoms with van der Waals surface area (Å²) in [5.74, 6) is 0.0734. The molecule has 2 aromatic rings. The topological polar surface area (TPSA) is 101 Å². The molecule has 6 nitrogen and oxygen atoms in total. The van der Waals surface area contributed by atoms with Gasteiger partial charge < -0.3 is 10.7 Å². The zero-order valence-corrected chi connectivity index (χ0v) is 12.6. The Morgan fingerprint density at radius 2 is 2.14 bits per heavy atom. The maximum absolute atomic E-state index is 13.5. The quantitative estimate of drug-likeness (QED) is 0.724. The minimum Gasteiger partial charge on any atom is -0.396 e. The van der Waals surface area contributed by atoms with Crippen LogP contribution in [0.1, 0.15) is 17.0 Å². The Bertz CT molecular complexity index is 742. The Labute approximate surface area is 122 Å². The number of nitrogens with zero attached hydrogens (tertiary/aromatic N) is 1. The van der Waals surface area contributed by atoms with E-state index in [2.05, 4.69) is 14.7 Å². The summed E-state index contributed by atoms with van der Waals surface area (Å²) < 4.78 is 40.7. The van der Waals surface area contributed by atoms with Gasteiger partial charge in [0.25, 0.3) is 0 Å². The van der Waals surface area contributed by atoms with Crippen LogP contribution in [0.25, 0.3) is 0 Å². The molecule has 0 aliphatic carbocycles. The number of hydrogen-bond donors (Lipinski definition) is 3. The molecule has 1 heterocycles. The Morgan fingerprint density at radius 1 is 1.43 bits per heavy atom. The molecule has 0 amide bonds. The molecule has 0 spiro atoms. The summed E-state index contributed by atoms with van der Waals surface area (Å²) in [7, 11) is -3.75. The number of H-pyrrole nitrogens is 1. The summed E-state index contributed by atoms with van der Waals surface area (Å²) in [6.07, 6.45) is 3.69. The van der Waals surface area contributed by atoms with Gasteiger partial charge >= 0.3 is 0 Å². The molecule has 2 rings (SSSR count). The highest BCUT2D eigenvalue weighted by atomic mass is 32.2. The number of nitrogen functional groups attached to an aromatic ring is 1. The molecule has 21 heavy (non-hydrogen) atoms. The van der Waals surface area contributed by atoms with Gasteiger partial charge in [-0.25, -0.2) is 22.5 Å². The molecule has 0 saturated heterocycles. The van der Waals surface area contributed by atoms with Crippen molar-refractivity contribution in [3.05, 3.63) is 41.2 Å². The van der Waals surface area contributed by atoms with E-state index in [-0.39, 0.29) is 22.7 Å². The molecule has 0 atom stereocenters. The average molecular weight is 312 g/mol. The van der Waals surface area contributed by atoms with Gasteiger partial charge in [-0.05, 0) is 31.0 Å². The first kappa shape index (κ1) is 15.5. The van der Waals surface area contributed by atoms with Crippen LogP contribution in [0.4, 0.5) is 10.1 Å². The summed E-state index contributed by atoms with van der Waals surface area (Å²) in [6, 6.07) is 1.13. The second-order valence-corrected chi connectivity index (χ2v) is 6.43. The van der Waals surface area contributed by atoms with Crippen molar-refractivity contribution in [1.29, 1.82) is 0 Å². The van der Waals surface area contributed by atoms with Crippen molar-refractivity contribution < 1.29 is 12.8 Å². The van der Waals surface area contributed by atoms with Gasteiger partial charge in [0.2, 0.25) is 10.0 Å². The summed E-state index contributed by atoms with van der Waals surface area (Å²) in [5, 5.41) is 0. The molecule has 0 fully saturated rings. The number of aromatic nitrogens is 2. The van der Waals surface area contributed by atoms with Crippen molar-refractivity contribution in [2.75, 3.05) is 12.3 Å². The molecule has 1 aromatic carbocycles. The normalized spacial score (nSPS) is 11.8. The Morgan fingerprint density at radius 3 is 2.76 bits per heavy atom. The first-order valence-corrected chi connectivity index (χ1v) is 7.84. The van der Waals surface area contributed by atoms with Crippen LogP contribution < -0.4 is 10.5 Å². The summed E-state index contributed by atoms with van der Waals surface area (Å²) in [4.78, 5) is 6.92. The number of halogens is 1. The van der Waals surface area contributed by atoms with Crippen LogP contribution in [-0.2, 0) is 16.4 Å². The number of benzene rings is 1. The third-order valence-electron chi connectivity index (χ3n) is 3.18. The van der Waals surface area contributed by atoms with Gasteiger partial charge in [-0.1, -0.05) is 0 Å². The number of imidazole rings is 1. The predicted octanol–water partition coefficient (Wildman–Crippen LogP) is 1.27. The van der Waals surface area contributed by atoms with Gasteiger partial charge in [-0.15, -0.1) is 0 Å². The summed E-state index contributed by atoms with van der Waals surface area (Å²) in [5.41, 5.74) is 5.97. The van der Waals surface area contributed by atoms with Gasteiger partial charge in [0.05, 0.1) is 10.6 Å². The highest BCUT2D eigenvalue weighted by Gasteiger charge is 2.22. The van der Waals surface area contributed by atoms with Gasteiger partial charge in [-0.3, -0.25) is 0 Å². The second-order valence-electron chi connectivity index (χ2n) is 4.73. The van der Waals surface area contributed by atoms with E-state index in [9.17, 15) is 12.8 Å². The number of anilines is 1. The fourth-order valence-electron chi connectivity index (χ4n) is 2.15. The zero-order valence-electron chi connectivity index (χ0n) is 11.8. The highest BCUT2D eigenvalue weighted by Crippen LogP contribution is 2.27. The van der Waals surface area contributed by atoms with Gasteiger partial charge in [0.15, 0.2) is 0 Å². The lowest BCUT2D eigenvalue weighted by molar-refractivity contribution is 0.578. The molecule has 8 heteroatoms. The van der Waals surface area contributed by atoms with Crippen molar-refractivity contribution in [2.45, 2.75) is 25.2 Å². The standard InChI is InChI=1S/C13H17FN4O2S/c1-8-7-10(14)12(15)9(2)13(8)21(19,20)18-4-3-11-16-5-6-17-11/h5-7,18H,3-4,15H2,1-2H3,(H,16,17). The van der Waals surface area contributed by atoms with Crippen LogP contribution in [0, 0.1) is 19.7 Å². The average Bonchev–Trinajstić information content (AvgIpc) is 2.88. The van der Waals surface area contributed by atoms with Crippen molar-refractivity contribution in [1.82, 2.24) is 14.7 Å². The molecular formula is C13H17FN4O2S. The van der Waals surface area contributed by atoms with Crippen molar-refractivity contribution in [3.8, 4) is 0 Å². The number of hydrogen-bond acceptors (Lipinski definition) is 4. The molecule has 0 aliphatic heterocycles. The minimum absolute atomic E-state index is 0.0286. The molecule has 0 aliphatic rings. The third-order valence-corrected chi connectivity index (χ3v) is 4.93. The lowest BCUT2D eigenvalue weighted by Gasteiger charge is -2.14. The molecule has 0 saturated carbocycles. The van der Waals surface area contributed by atoms with E-state index < -0.39 is 15.8 Å². The molecule has 4 N–H and O–H groups in total. The van der Waals surface area contributed by atoms with Gasteiger partial charge in [0.1, 0.15) is 11.6 Å². The van der Waals surface area contributed by atoms with E-state index in [1.54, 1.807) is 12.4 Å². The maximum Gasteiger partial charge on any atom is 0.241 e. The fraction of sp³-hybridized carbons (Fsp3) is 0.308. The number of sulfonamides is 1. The fourth-order valence-corrected chi connectivity index (χ4v) is 3.67. The summed E-state index contributed by atoms with van der Waals surface area (Å²) >= 11 is 0. The largest absolute Gasteiger partial charge is 0.396 e. The van der Waals surface area contributed by atoms with E-state index in [4.69, 9.17) is 5.73 Å². The first-order chi connectivity index (χ1) is 9.83. The third kappa shape index (κ3) is 3.22. The van der Waals surface area contributed by atoms with Gasteiger partial charge in [-0.2, -0.15) is 0 Å². The molecule has 114 valence electrons. The number of aryl methyl sites for hydroxylation is 1. The second kappa shape index (κ2) is 5.82. The number of rotatable bonds is 5. The monoisotopic (exact) mass is 312 g/mol. The molecule has 0 bridgehead atoms. The van der Waals surface area contributed by atoms with Crippen molar-refractivity contribution >= 4 is 15.7 Å². The minimum atomic E-state index is -3.75. The van der Waals surface area contributed by atoms with Crippen LogP contribution in [0.15, 0.2) is 23.4 Å². The number of nitrogens with two attached hydrogens (primary N) is 1. The van der Waals surface area contributed by atoms with Crippen LogP contribution in [0.3, 0.4) is 0 Å². The Kier molecular flexibility index (Phi) is 4.29. The maximum atomic E-state index is 13.5. The molecule has 1 aromatic heterocycles. The molecule has 0 radical (unpaired) electrons. The molecule has 0 unspecified atom stereocenters. The van der Waals surface area contributed by atoms with Gasteiger partial charge in [0, 0.05) is 25.4 Å². The Hall–Kier alpha value is -1.93. The molecular weight excluding hydrogens is 295 g/mol. The summed E-state index contributed by atoms with van der Waals surface area (Å²) in [6.45, 7) is 3.22. The SMILES string of the molecule is Cc1cc(F)c(N)c(C)c1S(=O)(=O)NCCc1ncc[nH]1.